The molecule has 1 saturated heterocycles. The average Bonchev–Trinajstić information content (AvgIpc) is 2.57. The number of piperazine rings is 1. The molecule has 2 amide bonds. The summed E-state index contributed by atoms with van der Waals surface area (Å²) < 4.78 is 0.754. The van der Waals surface area contributed by atoms with Crippen LogP contribution in [0.15, 0.2) is 22.7 Å². The SMILES string of the molecule is CCC(C)NC(=O)CN1CCN(C(=O)c2cc(Br)ccc2O)CC1. The summed E-state index contributed by atoms with van der Waals surface area (Å²) >= 11 is 3.32. The third-order valence-electron chi connectivity index (χ3n) is 4.24. The van der Waals surface area contributed by atoms with Gasteiger partial charge in [0.1, 0.15) is 5.75 Å². The van der Waals surface area contributed by atoms with Crippen LogP contribution in [-0.4, -0.2) is 65.5 Å². The maximum Gasteiger partial charge on any atom is 0.257 e. The highest BCUT2D eigenvalue weighted by Gasteiger charge is 2.25. The maximum absolute atomic E-state index is 12.5. The Morgan fingerprint density at radius 1 is 1.29 bits per heavy atom. The summed E-state index contributed by atoms with van der Waals surface area (Å²) in [5, 5.41) is 12.8. The highest BCUT2D eigenvalue weighted by Crippen LogP contribution is 2.23. The van der Waals surface area contributed by atoms with E-state index in [0.29, 0.717) is 38.3 Å². The van der Waals surface area contributed by atoms with Crippen LogP contribution in [-0.2, 0) is 4.79 Å². The van der Waals surface area contributed by atoms with Crippen molar-refractivity contribution in [3.63, 3.8) is 0 Å². The van der Waals surface area contributed by atoms with Gasteiger partial charge in [-0.15, -0.1) is 0 Å². The van der Waals surface area contributed by atoms with E-state index in [4.69, 9.17) is 0 Å². The third-order valence-corrected chi connectivity index (χ3v) is 4.73. The van der Waals surface area contributed by atoms with E-state index >= 15 is 0 Å². The Hall–Kier alpha value is -1.60. The van der Waals surface area contributed by atoms with Crippen molar-refractivity contribution in [1.82, 2.24) is 15.1 Å². The van der Waals surface area contributed by atoms with E-state index in [2.05, 4.69) is 21.2 Å². The molecule has 0 saturated carbocycles. The number of phenols is 1. The number of carbonyl (C=O) groups excluding carboxylic acids is 2. The predicted molar refractivity (Wildman–Crippen MR) is 96.0 cm³/mol. The Kier molecular flexibility index (Phi) is 6.62. The number of benzene rings is 1. The number of hydrogen-bond donors (Lipinski definition) is 2. The first kappa shape index (κ1) is 18.7. The van der Waals surface area contributed by atoms with Crippen molar-refractivity contribution in [1.29, 1.82) is 0 Å². The van der Waals surface area contributed by atoms with Crippen LogP contribution in [0.3, 0.4) is 0 Å². The zero-order valence-electron chi connectivity index (χ0n) is 14.1. The van der Waals surface area contributed by atoms with Gasteiger partial charge >= 0.3 is 0 Å². The Morgan fingerprint density at radius 2 is 1.96 bits per heavy atom. The first-order chi connectivity index (χ1) is 11.4. The zero-order valence-corrected chi connectivity index (χ0v) is 15.7. The third kappa shape index (κ3) is 4.95. The molecular formula is C17H24BrN3O3. The van der Waals surface area contributed by atoms with E-state index in [0.717, 1.165) is 10.9 Å². The topological polar surface area (TPSA) is 72.9 Å². The van der Waals surface area contributed by atoms with Crippen LogP contribution in [0, 0.1) is 0 Å². The lowest BCUT2D eigenvalue weighted by molar-refractivity contribution is -0.123. The van der Waals surface area contributed by atoms with Crippen LogP contribution in [0.5, 0.6) is 5.75 Å². The molecule has 1 aromatic carbocycles. The number of rotatable bonds is 5. The van der Waals surface area contributed by atoms with Gasteiger partial charge in [-0.2, -0.15) is 0 Å². The Morgan fingerprint density at radius 3 is 2.58 bits per heavy atom. The number of phenolic OH excluding ortho intramolecular Hbond substituents is 1. The van der Waals surface area contributed by atoms with Crippen molar-refractivity contribution < 1.29 is 14.7 Å². The van der Waals surface area contributed by atoms with Crippen LogP contribution in [0.4, 0.5) is 0 Å². The van der Waals surface area contributed by atoms with Gasteiger partial charge in [-0.3, -0.25) is 14.5 Å². The van der Waals surface area contributed by atoms with Crippen LogP contribution < -0.4 is 5.32 Å². The summed E-state index contributed by atoms with van der Waals surface area (Å²) in [6.45, 7) is 6.76. The number of nitrogens with one attached hydrogen (secondary N) is 1. The van der Waals surface area contributed by atoms with Crippen molar-refractivity contribution in [2.24, 2.45) is 0 Å². The van der Waals surface area contributed by atoms with Gasteiger partial charge in [-0.1, -0.05) is 22.9 Å². The van der Waals surface area contributed by atoms with Gasteiger partial charge < -0.3 is 15.3 Å². The molecule has 1 atom stereocenters. The number of aromatic hydroxyl groups is 1. The summed E-state index contributed by atoms with van der Waals surface area (Å²) in [5.74, 6) is -0.176. The molecule has 0 aliphatic carbocycles. The second-order valence-electron chi connectivity index (χ2n) is 6.11. The van der Waals surface area contributed by atoms with Gasteiger partial charge in [-0.05, 0) is 31.5 Å². The van der Waals surface area contributed by atoms with E-state index in [1.165, 1.54) is 6.07 Å². The van der Waals surface area contributed by atoms with Crippen LogP contribution in [0.1, 0.15) is 30.6 Å². The highest BCUT2D eigenvalue weighted by molar-refractivity contribution is 9.10. The molecule has 1 aromatic rings. The van der Waals surface area contributed by atoms with E-state index in [1.54, 1.807) is 17.0 Å². The molecule has 1 aliphatic heterocycles. The van der Waals surface area contributed by atoms with E-state index in [9.17, 15) is 14.7 Å². The Bertz CT molecular complexity index is 601. The minimum atomic E-state index is -0.183. The van der Waals surface area contributed by atoms with Gasteiger partial charge in [0.15, 0.2) is 0 Å². The molecule has 24 heavy (non-hydrogen) atoms. The molecule has 0 aromatic heterocycles. The van der Waals surface area contributed by atoms with Crippen molar-refractivity contribution in [3.8, 4) is 5.75 Å². The molecule has 2 rings (SSSR count). The second kappa shape index (κ2) is 8.48. The minimum absolute atomic E-state index is 0.0152. The number of amides is 2. The zero-order chi connectivity index (χ0) is 17.7. The maximum atomic E-state index is 12.5. The van der Waals surface area contributed by atoms with Gasteiger partial charge in [0.2, 0.25) is 5.91 Å². The molecular weight excluding hydrogens is 374 g/mol. The lowest BCUT2D eigenvalue weighted by Crippen LogP contribution is -2.51. The van der Waals surface area contributed by atoms with E-state index in [-0.39, 0.29) is 23.6 Å². The van der Waals surface area contributed by atoms with Gasteiger partial charge in [0, 0.05) is 36.7 Å². The molecule has 0 spiro atoms. The molecule has 1 aliphatic rings. The first-order valence-electron chi connectivity index (χ1n) is 8.20. The van der Waals surface area contributed by atoms with E-state index < -0.39 is 0 Å². The number of halogens is 1. The molecule has 2 N–H and O–H groups in total. The van der Waals surface area contributed by atoms with Gasteiger partial charge in [0.25, 0.3) is 5.91 Å². The summed E-state index contributed by atoms with van der Waals surface area (Å²) in [5.41, 5.74) is 0.298. The molecule has 7 heteroatoms. The standard InChI is InChI=1S/C17H24BrN3O3/c1-3-12(2)19-16(23)11-20-6-8-21(9-7-20)17(24)14-10-13(18)4-5-15(14)22/h4-5,10,12,22H,3,6-9,11H2,1-2H3,(H,19,23). The number of carbonyl (C=O) groups is 2. The molecule has 1 unspecified atom stereocenters. The Balaban J connectivity index is 1.87. The molecule has 6 nitrogen and oxygen atoms in total. The monoisotopic (exact) mass is 397 g/mol. The van der Waals surface area contributed by atoms with Crippen molar-refractivity contribution >= 4 is 27.7 Å². The number of nitrogens with zero attached hydrogens (tertiary/aromatic N) is 2. The van der Waals surface area contributed by atoms with Crippen molar-refractivity contribution in [3.05, 3.63) is 28.2 Å². The molecule has 0 bridgehead atoms. The van der Waals surface area contributed by atoms with Crippen molar-refractivity contribution in [2.75, 3.05) is 32.7 Å². The summed E-state index contributed by atoms with van der Waals surface area (Å²) in [6, 6.07) is 5.01. The van der Waals surface area contributed by atoms with Gasteiger partial charge in [0.05, 0.1) is 12.1 Å². The van der Waals surface area contributed by atoms with E-state index in [1.807, 2.05) is 18.7 Å². The molecule has 132 valence electrons. The lowest BCUT2D eigenvalue weighted by Gasteiger charge is -2.34. The fraction of sp³-hybridized carbons (Fsp3) is 0.529. The van der Waals surface area contributed by atoms with Crippen LogP contribution in [0.25, 0.3) is 0 Å². The molecule has 1 fully saturated rings. The summed E-state index contributed by atoms with van der Waals surface area (Å²) in [6.07, 6.45) is 0.907. The molecule has 0 radical (unpaired) electrons. The van der Waals surface area contributed by atoms with Crippen LogP contribution in [0.2, 0.25) is 0 Å². The summed E-state index contributed by atoms with van der Waals surface area (Å²) in [4.78, 5) is 28.2. The fourth-order valence-electron chi connectivity index (χ4n) is 2.58. The van der Waals surface area contributed by atoms with Crippen LogP contribution >= 0.6 is 15.9 Å². The highest BCUT2D eigenvalue weighted by atomic mass is 79.9. The molecule has 1 heterocycles. The largest absolute Gasteiger partial charge is 0.507 e. The predicted octanol–water partition coefficient (Wildman–Crippen LogP) is 1.83. The quantitative estimate of drug-likeness (QED) is 0.794. The van der Waals surface area contributed by atoms with Gasteiger partial charge in [-0.25, -0.2) is 0 Å². The Labute approximate surface area is 150 Å². The minimum Gasteiger partial charge on any atom is -0.507 e. The summed E-state index contributed by atoms with van der Waals surface area (Å²) in [7, 11) is 0. The second-order valence-corrected chi connectivity index (χ2v) is 7.02. The smallest absolute Gasteiger partial charge is 0.257 e. The lowest BCUT2D eigenvalue weighted by atomic mass is 10.1. The average molecular weight is 398 g/mol. The fourth-order valence-corrected chi connectivity index (χ4v) is 2.95. The van der Waals surface area contributed by atoms with Crippen molar-refractivity contribution in [2.45, 2.75) is 26.3 Å². The number of hydrogen-bond acceptors (Lipinski definition) is 4. The first-order valence-corrected chi connectivity index (χ1v) is 8.99. The normalized spacial score (nSPS) is 16.7.